The standard InChI is InChI=1S/C15H27N2Si.Li/c1-5-16(6-2)15(17(7-3)8-4)18-14-12-10-9-11-13-14;/h9-13H,5-8,18H2,1-4H3;. The predicted molar refractivity (Wildman–Crippen MR) is 88.9 cm³/mol. The summed E-state index contributed by atoms with van der Waals surface area (Å²) >= 11 is 2.45. The van der Waals surface area contributed by atoms with Crippen molar-refractivity contribution < 1.29 is 0 Å². The Labute approximate surface area is 130 Å². The van der Waals surface area contributed by atoms with Crippen LogP contribution < -0.4 is 5.19 Å². The molecule has 1 rings (SSSR count). The maximum atomic E-state index is 2.64. The minimum absolute atomic E-state index is 0.244. The second-order valence-corrected chi connectivity index (χ2v) is 7.73. The molecule has 0 unspecified atom stereocenters. The zero-order valence-corrected chi connectivity index (χ0v) is 14.7. The van der Waals surface area contributed by atoms with E-state index in [-0.39, 0.29) is 13.5 Å². The molecule has 0 heterocycles. The summed E-state index contributed by atoms with van der Waals surface area (Å²) in [7, 11) is -0.381. The molecule has 0 aliphatic carbocycles. The Morgan fingerprint density at radius 2 is 1.32 bits per heavy atom. The fourth-order valence-electron chi connectivity index (χ4n) is 3.22. The van der Waals surface area contributed by atoms with Crippen LogP contribution in [-0.4, -0.2) is 67.2 Å². The Kier molecular flexibility index (Phi) is 7.42. The maximum absolute atomic E-state index is 2.64. The van der Waals surface area contributed by atoms with E-state index in [1.807, 2.05) is 0 Å². The summed E-state index contributed by atoms with van der Waals surface area (Å²) in [5.41, 5.74) is 0. The van der Waals surface area contributed by atoms with Crippen molar-refractivity contribution in [3.63, 3.8) is 0 Å². The third kappa shape index (κ3) is 4.21. The van der Waals surface area contributed by atoms with E-state index in [0.29, 0.717) is 0 Å². The molecule has 0 saturated heterocycles. The van der Waals surface area contributed by atoms with Crippen molar-refractivity contribution in [1.29, 1.82) is 0 Å². The molecule has 0 atom stereocenters. The van der Waals surface area contributed by atoms with E-state index >= 15 is 0 Å². The van der Waals surface area contributed by atoms with Gasteiger partial charge in [-0.05, 0) is 0 Å². The van der Waals surface area contributed by atoms with Crippen LogP contribution in [-0.2, 0) is 0 Å². The second-order valence-electron chi connectivity index (χ2n) is 5.22. The van der Waals surface area contributed by atoms with E-state index < -0.39 is 0 Å². The first-order chi connectivity index (χ1) is 9.12. The summed E-state index contributed by atoms with van der Waals surface area (Å²) in [4.78, 5) is 5.28. The van der Waals surface area contributed by atoms with E-state index in [1.165, 1.54) is 0 Å². The summed E-state index contributed by atoms with van der Waals surface area (Å²) in [6.45, 7) is 13.6. The van der Waals surface area contributed by atoms with Crippen LogP contribution in [0.25, 0.3) is 0 Å². The van der Waals surface area contributed by atoms with Gasteiger partial charge in [0.15, 0.2) is 0 Å². The summed E-state index contributed by atoms with van der Waals surface area (Å²) in [6, 6.07) is 11.1. The molecular weight excluding hydrogens is 243 g/mol. The average Bonchev–Trinajstić information content (AvgIpc) is 2.42. The van der Waals surface area contributed by atoms with E-state index in [9.17, 15) is 0 Å². The quantitative estimate of drug-likeness (QED) is 0.512. The van der Waals surface area contributed by atoms with Gasteiger partial charge in [-0.2, -0.15) is 0 Å². The summed E-state index contributed by atoms with van der Waals surface area (Å²) in [5.74, 6) is 0. The predicted octanol–water partition coefficient (Wildman–Crippen LogP) is 0.944. The van der Waals surface area contributed by atoms with Crippen LogP contribution in [0.4, 0.5) is 0 Å². The van der Waals surface area contributed by atoms with Gasteiger partial charge in [0.1, 0.15) is 0 Å². The first-order valence-corrected chi connectivity index (χ1v) is 9.07. The first kappa shape index (κ1) is 17.0. The van der Waals surface area contributed by atoms with Crippen molar-refractivity contribution >= 4 is 32.4 Å². The van der Waals surface area contributed by atoms with E-state index in [2.05, 4.69) is 85.5 Å². The molecule has 0 radical (unpaired) electrons. The minimum atomic E-state index is -0.381. The molecule has 0 fully saturated rings. The number of nitrogens with zero attached hydrogens (tertiary/aromatic N) is 2. The van der Waals surface area contributed by atoms with Gasteiger partial charge in [0, 0.05) is 0 Å². The Morgan fingerprint density at radius 3 is 1.68 bits per heavy atom. The topological polar surface area (TPSA) is 6.48 Å². The molecule has 0 saturated carbocycles. The number of hydrogen-bond acceptors (Lipinski definition) is 2. The molecule has 0 N–H and O–H groups in total. The van der Waals surface area contributed by atoms with Crippen LogP contribution in [0.2, 0.25) is 0 Å². The molecule has 4 heteroatoms. The Balaban J connectivity index is 3.03. The van der Waals surface area contributed by atoms with Crippen molar-refractivity contribution in [3.8, 4) is 0 Å². The Morgan fingerprint density at radius 1 is 0.895 bits per heavy atom. The van der Waals surface area contributed by atoms with Crippen LogP contribution in [0.5, 0.6) is 0 Å². The molecule has 1 aromatic carbocycles. The molecule has 2 nitrogen and oxygen atoms in total. The number of hydrogen-bond donors (Lipinski definition) is 0. The van der Waals surface area contributed by atoms with Crippen molar-refractivity contribution in [1.82, 2.24) is 9.80 Å². The molecule has 0 bridgehead atoms. The Bertz CT molecular complexity index is 338. The SMILES string of the molecule is [Li][C]([SiH2]c1ccccc1)(N(CC)CC)N(CC)CC. The van der Waals surface area contributed by atoms with Gasteiger partial charge in [-0.15, -0.1) is 0 Å². The molecule has 1 aromatic rings. The van der Waals surface area contributed by atoms with Gasteiger partial charge in [0.05, 0.1) is 0 Å². The van der Waals surface area contributed by atoms with Crippen molar-refractivity contribution in [3.05, 3.63) is 30.3 Å². The van der Waals surface area contributed by atoms with Crippen molar-refractivity contribution in [2.24, 2.45) is 0 Å². The molecule has 0 aromatic heterocycles. The number of rotatable bonds is 8. The van der Waals surface area contributed by atoms with E-state index in [4.69, 9.17) is 0 Å². The molecule has 0 spiro atoms. The molecule has 0 aliphatic rings. The van der Waals surface area contributed by atoms with E-state index in [1.54, 1.807) is 5.19 Å². The van der Waals surface area contributed by atoms with E-state index in [0.717, 1.165) is 26.2 Å². The fourth-order valence-corrected chi connectivity index (χ4v) is 5.84. The zero-order chi connectivity index (χ0) is 14.3. The van der Waals surface area contributed by atoms with Gasteiger partial charge in [0.25, 0.3) is 0 Å². The normalized spacial score (nSPS) is 13.1. The van der Waals surface area contributed by atoms with Gasteiger partial charge in [0.2, 0.25) is 0 Å². The molecule has 19 heavy (non-hydrogen) atoms. The van der Waals surface area contributed by atoms with Gasteiger partial charge < -0.3 is 0 Å². The summed E-state index contributed by atoms with van der Waals surface area (Å²) in [6.07, 6.45) is 0. The average molecular weight is 270 g/mol. The second kappa shape index (κ2) is 8.29. The molecule has 0 aliphatic heterocycles. The molecular formula is C15H27LiN2Si. The van der Waals surface area contributed by atoms with Gasteiger partial charge in [-0.3, -0.25) is 0 Å². The first-order valence-electron chi connectivity index (χ1n) is 7.66. The van der Waals surface area contributed by atoms with Gasteiger partial charge >= 0.3 is 130 Å². The van der Waals surface area contributed by atoms with Crippen LogP contribution in [0.15, 0.2) is 30.3 Å². The molecule has 102 valence electrons. The fraction of sp³-hybridized carbons (Fsp3) is 0.600. The van der Waals surface area contributed by atoms with Crippen molar-refractivity contribution in [2.45, 2.75) is 31.7 Å². The zero-order valence-electron chi connectivity index (χ0n) is 13.3. The number of benzene rings is 1. The van der Waals surface area contributed by atoms with Crippen LogP contribution in [0, 0.1) is 0 Å². The third-order valence-corrected chi connectivity index (χ3v) is 6.72. The van der Waals surface area contributed by atoms with Crippen molar-refractivity contribution in [2.75, 3.05) is 26.2 Å². The molecule has 0 amide bonds. The van der Waals surface area contributed by atoms with Crippen LogP contribution >= 0.6 is 0 Å². The van der Waals surface area contributed by atoms with Crippen LogP contribution in [0.1, 0.15) is 27.7 Å². The van der Waals surface area contributed by atoms with Crippen LogP contribution in [0.3, 0.4) is 0 Å². The Hall–Kier alpha value is -0.0457. The summed E-state index contributed by atoms with van der Waals surface area (Å²) in [5, 5.41) is 1.56. The third-order valence-electron chi connectivity index (χ3n) is 4.27. The summed E-state index contributed by atoms with van der Waals surface area (Å²) < 4.78 is 0.244. The van der Waals surface area contributed by atoms with Gasteiger partial charge in [-0.1, -0.05) is 0 Å². The van der Waals surface area contributed by atoms with Gasteiger partial charge in [-0.25, -0.2) is 0 Å². The monoisotopic (exact) mass is 270 g/mol.